The van der Waals surface area contributed by atoms with Gasteiger partial charge in [-0.05, 0) is 41.5 Å². The number of alkyl halides is 3. The van der Waals surface area contributed by atoms with Crippen molar-refractivity contribution in [3.8, 4) is 5.75 Å². The van der Waals surface area contributed by atoms with Gasteiger partial charge < -0.3 is 9.64 Å². The molecule has 5 nitrogen and oxygen atoms in total. The Balaban J connectivity index is 1.55. The summed E-state index contributed by atoms with van der Waals surface area (Å²) >= 11 is 0. The summed E-state index contributed by atoms with van der Waals surface area (Å²) in [5.74, 6) is -0.244. The van der Waals surface area contributed by atoms with Gasteiger partial charge in [-0.3, -0.25) is 4.90 Å². The first kappa shape index (κ1) is 24.1. The van der Waals surface area contributed by atoms with E-state index in [-0.39, 0.29) is 16.7 Å². The summed E-state index contributed by atoms with van der Waals surface area (Å²) in [5, 5.41) is 0. The van der Waals surface area contributed by atoms with Crippen molar-refractivity contribution >= 4 is 15.5 Å². The number of halogens is 3. The Hall–Kier alpha value is -3.04. The molecule has 1 aliphatic rings. The van der Waals surface area contributed by atoms with E-state index >= 15 is 0 Å². The van der Waals surface area contributed by atoms with Crippen LogP contribution in [0.5, 0.6) is 5.75 Å². The first-order valence-electron chi connectivity index (χ1n) is 10.8. The highest BCUT2D eigenvalue weighted by atomic mass is 32.2. The Labute approximate surface area is 197 Å². The van der Waals surface area contributed by atoms with Gasteiger partial charge in [-0.25, -0.2) is 8.42 Å². The van der Waals surface area contributed by atoms with Gasteiger partial charge in [0.05, 0.1) is 10.9 Å². The fraction of sp³-hybridized carbons (Fsp3) is 0.280. The van der Waals surface area contributed by atoms with Crippen LogP contribution < -0.4 is 9.64 Å². The Morgan fingerprint density at radius 3 is 2.29 bits per heavy atom. The van der Waals surface area contributed by atoms with Crippen LogP contribution in [0.1, 0.15) is 17.2 Å². The summed E-state index contributed by atoms with van der Waals surface area (Å²) < 4.78 is 65.3. The fourth-order valence-corrected chi connectivity index (χ4v) is 4.84. The second-order valence-electron chi connectivity index (χ2n) is 8.30. The van der Waals surface area contributed by atoms with Crippen LogP contribution in [-0.2, 0) is 16.4 Å². The predicted octanol–water partition coefficient (Wildman–Crippen LogP) is 5.05. The molecule has 1 fully saturated rings. The molecule has 3 aromatic carbocycles. The molecular formula is C25H25F3N2O3S. The molecule has 0 aromatic heterocycles. The van der Waals surface area contributed by atoms with Gasteiger partial charge in [0.15, 0.2) is 9.84 Å². The summed E-state index contributed by atoms with van der Waals surface area (Å²) in [6.45, 7) is 2.59. The molecule has 4 rings (SSSR count). The van der Waals surface area contributed by atoms with E-state index in [1.165, 1.54) is 18.4 Å². The van der Waals surface area contributed by atoms with Crippen molar-refractivity contribution in [2.75, 3.05) is 30.8 Å². The normalized spacial score (nSPS) is 17.5. The molecule has 0 amide bonds. The number of hydrogen-bond acceptors (Lipinski definition) is 5. The highest BCUT2D eigenvalue weighted by molar-refractivity contribution is 7.90. The van der Waals surface area contributed by atoms with E-state index in [0.717, 1.165) is 16.8 Å². The molecule has 180 valence electrons. The van der Waals surface area contributed by atoms with Crippen molar-refractivity contribution in [2.24, 2.45) is 0 Å². The van der Waals surface area contributed by atoms with Crippen molar-refractivity contribution in [1.82, 2.24) is 4.90 Å². The molecule has 0 saturated carbocycles. The number of nitrogens with zero attached hydrogens (tertiary/aromatic N) is 2. The third kappa shape index (κ3) is 6.09. The zero-order valence-electron chi connectivity index (χ0n) is 18.6. The second-order valence-corrected chi connectivity index (χ2v) is 10.3. The molecule has 34 heavy (non-hydrogen) atoms. The van der Waals surface area contributed by atoms with E-state index < -0.39 is 16.2 Å². The molecule has 0 aliphatic carbocycles. The minimum absolute atomic E-state index is 0.0166. The molecule has 0 N–H and O–H groups in total. The van der Waals surface area contributed by atoms with E-state index in [2.05, 4.69) is 14.5 Å². The van der Waals surface area contributed by atoms with Gasteiger partial charge >= 0.3 is 6.36 Å². The lowest BCUT2D eigenvalue weighted by molar-refractivity contribution is -0.274. The number of ether oxygens (including phenoxy) is 1. The summed E-state index contributed by atoms with van der Waals surface area (Å²) in [7, 11) is -3.31. The van der Waals surface area contributed by atoms with E-state index in [9.17, 15) is 21.6 Å². The van der Waals surface area contributed by atoms with Crippen molar-refractivity contribution in [2.45, 2.75) is 23.8 Å². The maximum absolute atomic E-state index is 12.5. The van der Waals surface area contributed by atoms with Gasteiger partial charge in [0.2, 0.25) is 0 Å². The number of anilines is 1. The van der Waals surface area contributed by atoms with Crippen LogP contribution in [0, 0.1) is 0 Å². The summed E-state index contributed by atoms with van der Waals surface area (Å²) in [4.78, 5) is 4.74. The SMILES string of the molecule is CS(=O)(=O)c1cccc(N2CCN(Cc3ccc(OC(F)(F)F)cc3)[C@H](c3ccccc3)C2)c1. The molecule has 0 spiro atoms. The Bertz CT molecular complexity index is 1220. The maximum atomic E-state index is 12.5. The average Bonchev–Trinajstić information content (AvgIpc) is 2.80. The van der Waals surface area contributed by atoms with Gasteiger partial charge in [-0.2, -0.15) is 0 Å². The second kappa shape index (κ2) is 9.68. The molecule has 1 atom stereocenters. The van der Waals surface area contributed by atoms with E-state index in [0.29, 0.717) is 26.2 Å². The van der Waals surface area contributed by atoms with Crippen LogP contribution in [0.15, 0.2) is 83.8 Å². The van der Waals surface area contributed by atoms with Gasteiger partial charge in [-0.1, -0.05) is 48.5 Å². The highest BCUT2D eigenvalue weighted by Crippen LogP contribution is 2.31. The molecule has 9 heteroatoms. The third-order valence-corrected chi connectivity index (χ3v) is 6.94. The van der Waals surface area contributed by atoms with Crippen molar-refractivity contribution in [1.29, 1.82) is 0 Å². The van der Waals surface area contributed by atoms with Gasteiger partial charge in [0.25, 0.3) is 0 Å². The predicted molar refractivity (Wildman–Crippen MR) is 124 cm³/mol. The molecule has 1 saturated heterocycles. The molecule has 1 aliphatic heterocycles. The lowest BCUT2D eigenvalue weighted by atomic mass is 10.0. The van der Waals surface area contributed by atoms with Gasteiger partial charge in [0.1, 0.15) is 5.75 Å². The smallest absolute Gasteiger partial charge is 0.406 e. The van der Waals surface area contributed by atoms with Gasteiger partial charge in [0, 0.05) is 38.1 Å². The monoisotopic (exact) mass is 490 g/mol. The van der Waals surface area contributed by atoms with Crippen LogP contribution in [0.2, 0.25) is 0 Å². The minimum atomic E-state index is -4.72. The highest BCUT2D eigenvalue weighted by Gasteiger charge is 2.31. The number of rotatable bonds is 6. The van der Waals surface area contributed by atoms with Crippen molar-refractivity contribution < 1.29 is 26.3 Å². The molecule has 0 bridgehead atoms. The Kier molecular flexibility index (Phi) is 6.86. The van der Waals surface area contributed by atoms with Crippen molar-refractivity contribution in [3.63, 3.8) is 0 Å². The van der Waals surface area contributed by atoms with Crippen molar-refractivity contribution in [3.05, 3.63) is 90.0 Å². The number of piperazine rings is 1. The van der Waals surface area contributed by atoms with E-state index in [4.69, 9.17) is 0 Å². The largest absolute Gasteiger partial charge is 0.573 e. The first-order valence-corrected chi connectivity index (χ1v) is 12.7. The summed E-state index contributed by atoms with van der Waals surface area (Å²) in [5.41, 5.74) is 2.84. The van der Waals surface area contributed by atoms with Crippen LogP contribution in [0.25, 0.3) is 0 Å². The molecule has 0 radical (unpaired) electrons. The maximum Gasteiger partial charge on any atom is 0.573 e. The van der Waals surface area contributed by atoms with Crippen LogP contribution in [0.3, 0.4) is 0 Å². The zero-order valence-corrected chi connectivity index (χ0v) is 19.4. The third-order valence-electron chi connectivity index (χ3n) is 5.83. The number of sulfone groups is 1. The van der Waals surface area contributed by atoms with E-state index in [1.807, 2.05) is 36.4 Å². The Morgan fingerprint density at radius 1 is 0.941 bits per heavy atom. The lowest BCUT2D eigenvalue weighted by Gasteiger charge is -2.43. The number of benzene rings is 3. The molecule has 1 heterocycles. The first-order chi connectivity index (χ1) is 16.1. The minimum Gasteiger partial charge on any atom is -0.406 e. The standard InChI is InChI=1S/C25H25F3N2O3S/c1-34(31,32)23-9-5-8-21(16-23)29-14-15-30(24(18-29)20-6-3-2-4-7-20)17-19-10-12-22(13-11-19)33-25(26,27)28/h2-13,16,24H,14-15,17-18H2,1H3/t24-/m0/s1. The average molecular weight is 491 g/mol. The van der Waals surface area contributed by atoms with Gasteiger partial charge in [-0.15, -0.1) is 13.2 Å². The summed E-state index contributed by atoms with van der Waals surface area (Å²) in [6.07, 6.45) is -3.52. The van der Waals surface area contributed by atoms with E-state index in [1.54, 1.807) is 30.3 Å². The Morgan fingerprint density at radius 2 is 1.65 bits per heavy atom. The summed E-state index contributed by atoms with van der Waals surface area (Å²) in [6, 6.07) is 22.9. The lowest BCUT2D eigenvalue weighted by Crippen LogP contribution is -2.48. The van der Waals surface area contributed by atoms with Crippen LogP contribution in [0.4, 0.5) is 18.9 Å². The number of hydrogen-bond donors (Lipinski definition) is 0. The van der Waals surface area contributed by atoms with Crippen LogP contribution >= 0.6 is 0 Å². The molecular weight excluding hydrogens is 465 g/mol. The van der Waals surface area contributed by atoms with Crippen LogP contribution in [-0.4, -0.2) is 45.6 Å². The molecule has 3 aromatic rings. The topological polar surface area (TPSA) is 49.9 Å². The quantitative estimate of drug-likeness (QED) is 0.484. The molecule has 0 unspecified atom stereocenters. The fourth-order valence-electron chi connectivity index (χ4n) is 4.18. The zero-order chi connectivity index (χ0) is 24.3.